The largest absolute Gasteiger partial charge is 0.354 e. The van der Waals surface area contributed by atoms with Gasteiger partial charge < -0.3 is 10.2 Å². The Labute approximate surface area is 204 Å². The number of benzene rings is 2. The highest BCUT2D eigenvalue weighted by Gasteiger charge is 2.28. The van der Waals surface area contributed by atoms with Crippen LogP contribution >= 0.6 is 11.6 Å². The van der Waals surface area contributed by atoms with Crippen LogP contribution in [0.1, 0.15) is 71.1 Å². The van der Waals surface area contributed by atoms with Crippen molar-refractivity contribution in [1.82, 2.24) is 10.2 Å². The topological polar surface area (TPSA) is 49.4 Å². The number of aryl methyl sites for hydroxylation is 1. The average molecular weight is 471 g/mol. The maximum atomic E-state index is 13.4. The number of nitrogens with zero attached hydrogens (tertiary/aromatic N) is 1. The van der Waals surface area contributed by atoms with Crippen LogP contribution < -0.4 is 5.32 Å². The zero-order valence-electron chi connectivity index (χ0n) is 21.0. The summed E-state index contributed by atoms with van der Waals surface area (Å²) in [7, 11) is 0. The van der Waals surface area contributed by atoms with Crippen LogP contribution in [0.5, 0.6) is 0 Å². The number of carbonyl (C=O) groups excluding carboxylic acids is 2. The van der Waals surface area contributed by atoms with E-state index < -0.39 is 6.04 Å². The van der Waals surface area contributed by atoms with Crippen molar-refractivity contribution in [3.05, 3.63) is 70.2 Å². The van der Waals surface area contributed by atoms with Gasteiger partial charge in [-0.15, -0.1) is 0 Å². The van der Waals surface area contributed by atoms with Crippen molar-refractivity contribution in [3.63, 3.8) is 0 Å². The predicted molar refractivity (Wildman–Crippen MR) is 137 cm³/mol. The first-order valence-corrected chi connectivity index (χ1v) is 12.3. The van der Waals surface area contributed by atoms with E-state index in [2.05, 4.69) is 64.2 Å². The fourth-order valence-electron chi connectivity index (χ4n) is 3.69. The Hall–Kier alpha value is -2.33. The molecule has 4 nitrogen and oxygen atoms in total. The Morgan fingerprint density at radius 1 is 0.970 bits per heavy atom. The Morgan fingerprint density at radius 2 is 1.55 bits per heavy atom. The first-order chi connectivity index (χ1) is 15.5. The lowest BCUT2D eigenvalue weighted by molar-refractivity contribution is -0.141. The lowest BCUT2D eigenvalue weighted by atomic mass is 9.86. The fraction of sp³-hybridized carbons (Fsp3) is 0.500. The van der Waals surface area contributed by atoms with E-state index in [0.29, 0.717) is 43.3 Å². The van der Waals surface area contributed by atoms with Gasteiger partial charge in [-0.1, -0.05) is 89.5 Å². The van der Waals surface area contributed by atoms with Gasteiger partial charge in [0.1, 0.15) is 6.04 Å². The summed E-state index contributed by atoms with van der Waals surface area (Å²) < 4.78 is 0. The molecule has 0 fully saturated rings. The molecule has 0 aromatic heterocycles. The van der Waals surface area contributed by atoms with Crippen LogP contribution in [0.25, 0.3) is 0 Å². The molecular weight excluding hydrogens is 432 g/mol. The fourth-order valence-corrected chi connectivity index (χ4v) is 3.82. The monoisotopic (exact) mass is 470 g/mol. The summed E-state index contributed by atoms with van der Waals surface area (Å²) in [6, 6.07) is 15.4. The third kappa shape index (κ3) is 8.51. The summed E-state index contributed by atoms with van der Waals surface area (Å²) in [4.78, 5) is 28.0. The summed E-state index contributed by atoms with van der Waals surface area (Å²) >= 11 is 6.03. The van der Waals surface area contributed by atoms with Crippen LogP contribution in [-0.2, 0) is 28.0 Å². The minimum Gasteiger partial charge on any atom is -0.354 e. The molecule has 1 atom stereocenters. The van der Waals surface area contributed by atoms with E-state index in [9.17, 15) is 9.59 Å². The summed E-state index contributed by atoms with van der Waals surface area (Å²) in [5.74, 6) is 0.238. The summed E-state index contributed by atoms with van der Waals surface area (Å²) in [5, 5.41) is 3.65. The van der Waals surface area contributed by atoms with Gasteiger partial charge in [0.15, 0.2) is 0 Å². The van der Waals surface area contributed by atoms with Crippen molar-refractivity contribution >= 4 is 23.4 Å². The van der Waals surface area contributed by atoms with Gasteiger partial charge in [0.25, 0.3) is 0 Å². The zero-order valence-corrected chi connectivity index (χ0v) is 21.7. The second kappa shape index (κ2) is 12.2. The summed E-state index contributed by atoms with van der Waals surface area (Å²) in [6.07, 6.45) is 1.56. The van der Waals surface area contributed by atoms with Gasteiger partial charge in [0.2, 0.25) is 11.8 Å². The Balaban J connectivity index is 2.17. The van der Waals surface area contributed by atoms with Crippen molar-refractivity contribution in [2.24, 2.45) is 5.92 Å². The molecule has 33 heavy (non-hydrogen) atoms. The number of nitrogens with one attached hydrogen (secondary N) is 1. The van der Waals surface area contributed by atoms with Crippen LogP contribution in [0.4, 0.5) is 0 Å². The molecule has 180 valence electrons. The summed E-state index contributed by atoms with van der Waals surface area (Å²) in [5.41, 5.74) is 3.45. The molecule has 2 aromatic carbocycles. The third-order valence-corrected chi connectivity index (χ3v) is 6.04. The molecule has 0 aliphatic rings. The quantitative estimate of drug-likeness (QED) is 0.452. The Bertz CT molecular complexity index is 899. The van der Waals surface area contributed by atoms with Crippen LogP contribution in [0, 0.1) is 5.92 Å². The molecule has 0 saturated heterocycles. The van der Waals surface area contributed by atoms with Gasteiger partial charge in [0, 0.05) is 24.5 Å². The Kier molecular flexibility index (Phi) is 9.97. The number of hydrogen-bond acceptors (Lipinski definition) is 2. The molecule has 2 aromatic rings. The predicted octanol–water partition coefficient (Wildman–Crippen LogP) is 6.15. The highest BCUT2D eigenvalue weighted by Crippen LogP contribution is 2.23. The molecule has 0 aliphatic heterocycles. The minimum atomic E-state index is -0.504. The van der Waals surface area contributed by atoms with Gasteiger partial charge in [-0.05, 0) is 53.0 Å². The number of hydrogen-bond donors (Lipinski definition) is 1. The molecule has 0 radical (unpaired) electrons. The first-order valence-electron chi connectivity index (χ1n) is 11.9. The first kappa shape index (κ1) is 26.9. The van der Waals surface area contributed by atoms with Crippen molar-refractivity contribution in [1.29, 1.82) is 0 Å². The molecule has 2 amide bonds. The molecule has 0 heterocycles. The lowest BCUT2D eigenvalue weighted by Gasteiger charge is -2.31. The van der Waals surface area contributed by atoms with E-state index in [0.717, 1.165) is 11.1 Å². The van der Waals surface area contributed by atoms with Crippen LogP contribution in [-0.4, -0.2) is 29.3 Å². The van der Waals surface area contributed by atoms with Gasteiger partial charge in [-0.25, -0.2) is 0 Å². The van der Waals surface area contributed by atoms with Gasteiger partial charge in [0.05, 0.1) is 0 Å². The van der Waals surface area contributed by atoms with E-state index >= 15 is 0 Å². The molecule has 1 N–H and O–H groups in total. The van der Waals surface area contributed by atoms with Gasteiger partial charge in [-0.3, -0.25) is 9.59 Å². The van der Waals surface area contributed by atoms with Crippen LogP contribution in [0.2, 0.25) is 5.02 Å². The molecule has 0 unspecified atom stereocenters. The molecule has 0 spiro atoms. The number of rotatable bonds is 10. The van der Waals surface area contributed by atoms with Crippen molar-refractivity contribution in [2.45, 2.75) is 78.8 Å². The standard InChI is InChI=1S/C28H39ClN2O2/c1-7-25(27(33)30-18-20(2)3)31(19-22-10-15-24(29)16-11-22)26(32)17-12-21-8-13-23(14-9-21)28(4,5)6/h8-11,13-16,20,25H,7,12,17-19H2,1-6H3,(H,30,33)/t25-/m0/s1. The van der Waals surface area contributed by atoms with E-state index in [1.807, 2.05) is 31.2 Å². The van der Waals surface area contributed by atoms with Crippen LogP contribution in [0.3, 0.4) is 0 Å². The molecule has 2 rings (SSSR count). The number of amides is 2. The van der Waals surface area contributed by atoms with E-state index in [1.165, 1.54) is 5.56 Å². The van der Waals surface area contributed by atoms with E-state index in [1.54, 1.807) is 4.90 Å². The molecular formula is C28H39ClN2O2. The van der Waals surface area contributed by atoms with E-state index in [-0.39, 0.29) is 17.2 Å². The SMILES string of the molecule is CC[C@@H](C(=O)NCC(C)C)N(Cc1ccc(Cl)cc1)C(=O)CCc1ccc(C(C)(C)C)cc1. The maximum absolute atomic E-state index is 13.4. The average Bonchev–Trinajstić information content (AvgIpc) is 2.76. The summed E-state index contributed by atoms with van der Waals surface area (Å²) in [6.45, 7) is 13.6. The maximum Gasteiger partial charge on any atom is 0.242 e. The smallest absolute Gasteiger partial charge is 0.242 e. The Morgan fingerprint density at radius 3 is 2.06 bits per heavy atom. The minimum absolute atomic E-state index is 0.0172. The van der Waals surface area contributed by atoms with Crippen molar-refractivity contribution in [3.8, 4) is 0 Å². The van der Waals surface area contributed by atoms with Crippen molar-refractivity contribution < 1.29 is 9.59 Å². The molecule has 0 saturated carbocycles. The van der Waals surface area contributed by atoms with Crippen LogP contribution in [0.15, 0.2) is 48.5 Å². The van der Waals surface area contributed by atoms with Gasteiger partial charge in [-0.2, -0.15) is 0 Å². The highest BCUT2D eigenvalue weighted by atomic mass is 35.5. The molecule has 5 heteroatoms. The van der Waals surface area contributed by atoms with E-state index in [4.69, 9.17) is 11.6 Å². The molecule has 0 bridgehead atoms. The zero-order chi connectivity index (χ0) is 24.6. The van der Waals surface area contributed by atoms with Crippen molar-refractivity contribution in [2.75, 3.05) is 6.54 Å². The molecule has 0 aliphatic carbocycles. The number of halogens is 1. The second-order valence-electron chi connectivity index (χ2n) is 10.2. The number of carbonyl (C=O) groups is 2. The third-order valence-electron chi connectivity index (χ3n) is 5.78. The highest BCUT2D eigenvalue weighted by molar-refractivity contribution is 6.30. The normalized spacial score (nSPS) is 12.5. The van der Waals surface area contributed by atoms with Gasteiger partial charge >= 0.3 is 0 Å². The second-order valence-corrected chi connectivity index (χ2v) is 10.6. The lowest BCUT2D eigenvalue weighted by Crippen LogP contribution is -2.49.